The highest BCUT2D eigenvalue weighted by Gasteiger charge is 2.44. The molecule has 0 aliphatic heterocycles. The maximum atomic E-state index is 12.9. The van der Waals surface area contributed by atoms with Gasteiger partial charge in [-0.25, -0.2) is 0 Å². The van der Waals surface area contributed by atoms with E-state index in [1.54, 1.807) is 44.2 Å². The average Bonchev–Trinajstić information content (AvgIpc) is 2.16. The summed E-state index contributed by atoms with van der Waals surface area (Å²) in [6, 6.07) is 7.17. The zero-order valence-electron chi connectivity index (χ0n) is 9.62. The van der Waals surface area contributed by atoms with Crippen LogP contribution in [0.4, 0.5) is 18.9 Å². The lowest BCUT2D eigenvalue weighted by atomic mass is 10.0. The van der Waals surface area contributed by atoms with Crippen molar-refractivity contribution in [2.45, 2.75) is 26.1 Å². The number of rotatable bonds is 3. The lowest BCUT2D eigenvalue weighted by molar-refractivity contribution is -0.156. The minimum absolute atomic E-state index is 0.481. The van der Waals surface area contributed by atoms with Crippen LogP contribution in [0.2, 0.25) is 0 Å². The van der Waals surface area contributed by atoms with Crippen LogP contribution in [-0.2, 0) is 0 Å². The second kappa shape index (κ2) is 4.76. The van der Waals surface area contributed by atoms with Crippen molar-refractivity contribution >= 4 is 5.69 Å². The molecular formula is C12H16F3N. The largest absolute Gasteiger partial charge is 0.408 e. The lowest BCUT2D eigenvalue weighted by Gasteiger charge is -2.34. The molecule has 0 heterocycles. The maximum absolute atomic E-state index is 12.9. The molecule has 1 unspecified atom stereocenters. The van der Waals surface area contributed by atoms with Gasteiger partial charge in [0.2, 0.25) is 0 Å². The van der Waals surface area contributed by atoms with Crippen molar-refractivity contribution in [2.75, 3.05) is 11.9 Å². The van der Waals surface area contributed by atoms with E-state index in [0.717, 1.165) is 0 Å². The van der Waals surface area contributed by atoms with Crippen molar-refractivity contribution in [2.24, 2.45) is 5.92 Å². The number of para-hydroxylation sites is 1. The van der Waals surface area contributed by atoms with Crippen molar-refractivity contribution in [3.05, 3.63) is 30.3 Å². The zero-order chi connectivity index (χ0) is 12.3. The van der Waals surface area contributed by atoms with Crippen LogP contribution in [0.1, 0.15) is 13.8 Å². The number of anilines is 1. The van der Waals surface area contributed by atoms with Crippen LogP contribution in [0.5, 0.6) is 0 Å². The Morgan fingerprint density at radius 2 is 1.56 bits per heavy atom. The average molecular weight is 231 g/mol. The molecule has 0 saturated heterocycles. The highest BCUT2D eigenvalue weighted by Crippen LogP contribution is 2.32. The minimum Gasteiger partial charge on any atom is -0.363 e. The summed E-state index contributed by atoms with van der Waals surface area (Å²) in [6.45, 7) is 3.16. The molecule has 0 aliphatic rings. The fourth-order valence-corrected chi connectivity index (χ4v) is 1.87. The molecule has 0 radical (unpaired) electrons. The quantitative estimate of drug-likeness (QED) is 0.766. The molecule has 1 nitrogen and oxygen atoms in total. The first-order valence-electron chi connectivity index (χ1n) is 5.18. The van der Waals surface area contributed by atoms with Gasteiger partial charge in [0.15, 0.2) is 0 Å². The summed E-state index contributed by atoms with van der Waals surface area (Å²) in [5.41, 5.74) is 0.582. The Morgan fingerprint density at radius 1 is 1.06 bits per heavy atom. The summed E-state index contributed by atoms with van der Waals surface area (Å²) in [5, 5.41) is 0. The monoisotopic (exact) mass is 231 g/mol. The Labute approximate surface area is 93.9 Å². The van der Waals surface area contributed by atoms with E-state index in [1.165, 1.54) is 11.9 Å². The first kappa shape index (κ1) is 12.9. The SMILES string of the molecule is CC(C)C(N(C)c1ccccc1)C(F)(F)F. The molecule has 0 spiro atoms. The summed E-state index contributed by atoms with van der Waals surface area (Å²) in [4.78, 5) is 1.28. The van der Waals surface area contributed by atoms with Gasteiger partial charge in [0.05, 0.1) is 0 Å². The molecule has 16 heavy (non-hydrogen) atoms. The van der Waals surface area contributed by atoms with Crippen LogP contribution >= 0.6 is 0 Å². The smallest absolute Gasteiger partial charge is 0.363 e. The van der Waals surface area contributed by atoms with E-state index in [0.29, 0.717) is 5.69 Å². The predicted octanol–water partition coefficient (Wildman–Crippen LogP) is 3.71. The van der Waals surface area contributed by atoms with Gasteiger partial charge in [-0.3, -0.25) is 0 Å². The standard InChI is InChI=1S/C12H16F3N/c1-9(2)11(12(13,14)15)16(3)10-7-5-4-6-8-10/h4-9,11H,1-3H3. The normalized spacial score (nSPS) is 13.9. The van der Waals surface area contributed by atoms with Gasteiger partial charge in [-0.2, -0.15) is 13.2 Å². The second-order valence-corrected chi connectivity index (χ2v) is 4.18. The second-order valence-electron chi connectivity index (χ2n) is 4.18. The molecule has 1 aromatic carbocycles. The van der Waals surface area contributed by atoms with Gasteiger partial charge in [-0.15, -0.1) is 0 Å². The van der Waals surface area contributed by atoms with Gasteiger partial charge in [0, 0.05) is 12.7 Å². The fourth-order valence-electron chi connectivity index (χ4n) is 1.87. The molecule has 0 bridgehead atoms. The number of hydrogen-bond donors (Lipinski definition) is 0. The fraction of sp³-hybridized carbons (Fsp3) is 0.500. The molecule has 0 N–H and O–H groups in total. The zero-order valence-corrected chi connectivity index (χ0v) is 9.62. The van der Waals surface area contributed by atoms with Gasteiger partial charge in [0.25, 0.3) is 0 Å². The van der Waals surface area contributed by atoms with Gasteiger partial charge >= 0.3 is 6.18 Å². The van der Waals surface area contributed by atoms with E-state index in [2.05, 4.69) is 0 Å². The lowest BCUT2D eigenvalue weighted by Crippen LogP contribution is -2.47. The van der Waals surface area contributed by atoms with Gasteiger partial charge in [0.1, 0.15) is 6.04 Å². The number of nitrogens with zero attached hydrogens (tertiary/aromatic N) is 1. The minimum atomic E-state index is -4.21. The van der Waals surface area contributed by atoms with Crippen LogP contribution in [0.3, 0.4) is 0 Å². The van der Waals surface area contributed by atoms with Gasteiger partial charge < -0.3 is 4.90 Å². The van der Waals surface area contributed by atoms with Gasteiger partial charge in [-0.1, -0.05) is 32.0 Å². The number of alkyl halides is 3. The van der Waals surface area contributed by atoms with E-state index in [9.17, 15) is 13.2 Å². The Bertz CT molecular complexity index is 319. The van der Waals surface area contributed by atoms with Crippen LogP contribution in [-0.4, -0.2) is 19.3 Å². The Morgan fingerprint density at radius 3 is 1.94 bits per heavy atom. The van der Waals surface area contributed by atoms with Crippen LogP contribution in [0.15, 0.2) is 30.3 Å². The molecule has 0 aliphatic carbocycles. The Kier molecular flexibility index (Phi) is 3.83. The topological polar surface area (TPSA) is 3.24 Å². The van der Waals surface area contributed by atoms with Crippen LogP contribution in [0.25, 0.3) is 0 Å². The maximum Gasteiger partial charge on any atom is 0.408 e. The first-order chi connectivity index (χ1) is 7.34. The molecule has 1 aromatic rings. The Hall–Kier alpha value is -1.19. The molecule has 1 atom stereocenters. The van der Waals surface area contributed by atoms with Crippen molar-refractivity contribution in [1.29, 1.82) is 0 Å². The summed E-state index contributed by atoms with van der Waals surface area (Å²) >= 11 is 0. The number of benzene rings is 1. The number of halogens is 3. The van der Waals surface area contributed by atoms with Crippen molar-refractivity contribution in [1.82, 2.24) is 0 Å². The van der Waals surface area contributed by atoms with E-state index in [4.69, 9.17) is 0 Å². The van der Waals surface area contributed by atoms with Crippen LogP contribution < -0.4 is 4.90 Å². The predicted molar refractivity (Wildman–Crippen MR) is 59.5 cm³/mol. The molecule has 0 fully saturated rings. The summed E-state index contributed by atoms with van der Waals surface area (Å²) < 4.78 is 38.6. The van der Waals surface area contributed by atoms with E-state index in [1.807, 2.05) is 0 Å². The van der Waals surface area contributed by atoms with Crippen molar-refractivity contribution < 1.29 is 13.2 Å². The van der Waals surface area contributed by atoms with E-state index in [-0.39, 0.29) is 0 Å². The highest BCUT2D eigenvalue weighted by atomic mass is 19.4. The Balaban J connectivity index is 2.97. The summed E-state index contributed by atoms with van der Waals surface area (Å²) in [6.07, 6.45) is -4.21. The van der Waals surface area contributed by atoms with Crippen molar-refractivity contribution in [3.63, 3.8) is 0 Å². The number of hydrogen-bond acceptors (Lipinski definition) is 1. The van der Waals surface area contributed by atoms with Crippen molar-refractivity contribution in [3.8, 4) is 0 Å². The molecule has 4 heteroatoms. The summed E-state index contributed by atoms with van der Waals surface area (Å²) in [7, 11) is 1.48. The highest BCUT2D eigenvalue weighted by molar-refractivity contribution is 5.46. The molecule has 0 aromatic heterocycles. The molecule has 0 amide bonds. The molecular weight excluding hydrogens is 215 g/mol. The first-order valence-corrected chi connectivity index (χ1v) is 5.18. The van der Waals surface area contributed by atoms with E-state index >= 15 is 0 Å². The van der Waals surface area contributed by atoms with Crippen LogP contribution in [0, 0.1) is 5.92 Å². The third-order valence-corrected chi connectivity index (χ3v) is 2.55. The third-order valence-electron chi connectivity index (χ3n) is 2.55. The van der Waals surface area contributed by atoms with E-state index < -0.39 is 18.1 Å². The molecule has 1 rings (SSSR count). The molecule has 0 saturated carbocycles. The van der Waals surface area contributed by atoms with Gasteiger partial charge in [-0.05, 0) is 18.1 Å². The molecule has 90 valence electrons. The summed E-state index contributed by atoms with van der Waals surface area (Å²) in [5.74, 6) is -0.481. The third kappa shape index (κ3) is 2.90.